The van der Waals surface area contributed by atoms with Crippen LogP contribution < -0.4 is 4.74 Å². The van der Waals surface area contributed by atoms with Crippen molar-refractivity contribution in [2.75, 3.05) is 18.6 Å². The summed E-state index contributed by atoms with van der Waals surface area (Å²) >= 11 is 3.41. The Morgan fingerprint density at radius 2 is 2.14 bits per heavy atom. The van der Waals surface area contributed by atoms with E-state index < -0.39 is 15.9 Å². The van der Waals surface area contributed by atoms with Gasteiger partial charge in [-0.3, -0.25) is 4.79 Å². The van der Waals surface area contributed by atoms with E-state index in [-0.39, 0.29) is 23.5 Å². The lowest BCUT2D eigenvalue weighted by Crippen LogP contribution is -2.44. The van der Waals surface area contributed by atoms with Crippen molar-refractivity contribution in [2.45, 2.75) is 32.4 Å². The number of amides is 1. The highest BCUT2D eigenvalue weighted by atomic mass is 79.9. The van der Waals surface area contributed by atoms with Gasteiger partial charge in [-0.05, 0) is 53.9 Å². The predicted octanol–water partition coefficient (Wildman–Crippen LogP) is 2.17. The maximum Gasteiger partial charge on any atom is 0.263 e. The number of hydrogen-bond acceptors (Lipinski definition) is 4. The van der Waals surface area contributed by atoms with E-state index in [0.717, 1.165) is 10.0 Å². The third kappa shape index (κ3) is 4.01. The minimum absolute atomic E-state index is 0.0379. The maximum atomic E-state index is 12.4. The second-order valence-electron chi connectivity index (χ2n) is 5.70. The predicted molar refractivity (Wildman–Crippen MR) is 88.8 cm³/mol. The molecule has 1 saturated heterocycles. The van der Waals surface area contributed by atoms with Gasteiger partial charge >= 0.3 is 0 Å². The molecule has 2 unspecified atom stereocenters. The van der Waals surface area contributed by atoms with Crippen LogP contribution >= 0.6 is 15.9 Å². The average molecular weight is 390 g/mol. The monoisotopic (exact) mass is 389 g/mol. The highest BCUT2D eigenvalue weighted by molar-refractivity contribution is 9.10. The van der Waals surface area contributed by atoms with E-state index in [0.29, 0.717) is 12.2 Å². The number of benzene rings is 1. The second kappa shape index (κ2) is 6.58. The molecule has 1 aromatic rings. The summed E-state index contributed by atoms with van der Waals surface area (Å²) in [5.74, 6) is 0.568. The molecule has 1 aliphatic heterocycles. The highest BCUT2D eigenvalue weighted by Gasteiger charge is 2.34. The van der Waals surface area contributed by atoms with Crippen LogP contribution in [0.3, 0.4) is 0 Å². The van der Waals surface area contributed by atoms with E-state index in [9.17, 15) is 13.2 Å². The Labute approximate surface area is 139 Å². The summed E-state index contributed by atoms with van der Waals surface area (Å²) in [6.45, 7) is 3.64. The van der Waals surface area contributed by atoms with Crippen molar-refractivity contribution in [1.29, 1.82) is 0 Å². The Morgan fingerprint density at radius 1 is 1.45 bits per heavy atom. The fraction of sp³-hybridized carbons (Fsp3) is 0.533. The van der Waals surface area contributed by atoms with Gasteiger partial charge < -0.3 is 9.64 Å². The lowest BCUT2D eigenvalue weighted by atomic mass is 10.2. The first-order valence-corrected chi connectivity index (χ1v) is 9.71. The standard InChI is InChI=1S/C15H20BrNO4S/c1-10-4-5-14(13(16)8-10)21-11(2)15(18)17(3)12-6-7-22(19,20)9-12/h4-5,8,11-12H,6-7,9H2,1-3H3. The number of likely N-dealkylation sites (N-methyl/N-ethyl adjacent to an activating group) is 1. The number of ether oxygens (including phenoxy) is 1. The number of carbonyl (C=O) groups is 1. The molecule has 2 atom stereocenters. The van der Waals surface area contributed by atoms with E-state index >= 15 is 0 Å². The molecule has 0 radical (unpaired) electrons. The Bertz CT molecular complexity index is 674. The smallest absolute Gasteiger partial charge is 0.263 e. The largest absolute Gasteiger partial charge is 0.480 e. The van der Waals surface area contributed by atoms with E-state index in [1.165, 1.54) is 4.90 Å². The summed E-state index contributed by atoms with van der Waals surface area (Å²) in [6, 6.07) is 5.37. The number of carbonyl (C=O) groups excluding carboxylic acids is 1. The maximum absolute atomic E-state index is 12.4. The van der Waals surface area contributed by atoms with E-state index in [1.54, 1.807) is 14.0 Å². The van der Waals surface area contributed by atoms with Crippen LogP contribution in [0, 0.1) is 6.92 Å². The van der Waals surface area contributed by atoms with Crippen molar-refractivity contribution in [1.82, 2.24) is 4.90 Å². The van der Waals surface area contributed by atoms with Crippen LogP contribution in [0.15, 0.2) is 22.7 Å². The Kier molecular flexibility index (Phi) is 5.17. The molecule has 0 spiro atoms. The van der Waals surface area contributed by atoms with Gasteiger partial charge in [-0.2, -0.15) is 0 Å². The molecule has 1 aromatic carbocycles. The summed E-state index contributed by atoms with van der Waals surface area (Å²) in [6.07, 6.45) is -0.182. The quantitative estimate of drug-likeness (QED) is 0.791. The summed E-state index contributed by atoms with van der Waals surface area (Å²) in [5.41, 5.74) is 1.09. The third-order valence-electron chi connectivity index (χ3n) is 3.84. The van der Waals surface area contributed by atoms with Crippen molar-refractivity contribution in [2.24, 2.45) is 0 Å². The second-order valence-corrected chi connectivity index (χ2v) is 8.78. The molecule has 2 rings (SSSR count). The molecule has 0 N–H and O–H groups in total. The van der Waals surface area contributed by atoms with Crippen LogP contribution in [0.4, 0.5) is 0 Å². The van der Waals surface area contributed by atoms with Crippen LogP contribution in [0.25, 0.3) is 0 Å². The van der Waals surface area contributed by atoms with Crippen molar-refractivity contribution in [3.05, 3.63) is 28.2 Å². The molecular formula is C15H20BrNO4S. The van der Waals surface area contributed by atoms with Gasteiger partial charge in [0, 0.05) is 13.1 Å². The molecule has 1 heterocycles. The number of halogens is 1. The number of sulfone groups is 1. The molecule has 0 aromatic heterocycles. The summed E-state index contributed by atoms with van der Waals surface area (Å²) in [4.78, 5) is 13.9. The molecule has 122 valence electrons. The van der Waals surface area contributed by atoms with Gasteiger partial charge in [-0.1, -0.05) is 6.07 Å². The highest BCUT2D eigenvalue weighted by Crippen LogP contribution is 2.27. The summed E-state index contributed by atoms with van der Waals surface area (Å²) < 4.78 is 29.6. The van der Waals surface area contributed by atoms with Crippen LogP contribution in [0.1, 0.15) is 18.9 Å². The molecule has 0 bridgehead atoms. The van der Waals surface area contributed by atoms with Gasteiger partial charge in [0.15, 0.2) is 15.9 Å². The fourth-order valence-corrected chi connectivity index (χ4v) is 4.85. The zero-order valence-corrected chi connectivity index (χ0v) is 15.3. The minimum Gasteiger partial charge on any atom is -0.480 e. The summed E-state index contributed by atoms with van der Waals surface area (Å²) in [5, 5.41) is 0. The van der Waals surface area contributed by atoms with Crippen molar-refractivity contribution >= 4 is 31.7 Å². The number of rotatable bonds is 4. The van der Waals surface area contributed by atoms with E-state index in [2.05, 4.69) is 15.9 Å². The molecule has 0 aliphatic carbocycles. The van der Waals surface area contributed by atoms with Gasteiger partial charge in [0.25, 0.3) is 5.91 Å². The molecule has 1 amide bonds. The van der Waals surface area contributed by atoms with Gasteiger partial charge in [0.05, 0.1) is 16.0 Å². The van der Waals surface area contributed by atoms with E-state index in [1.807, 2.05) is 25.1 Å². The van der Waals surface area contributed by atoms with Gasteiger partial charge in [-0.15, -0.1) is 0 Å². The van der Waals surface area contributed by atoms with Crippen LogP contribution in [-0.2, 0) is 14.6 Å². The normalized spacial score (nSPS) is 21.4. The zero-order valence-electron chi connectivity index (χ0n) is 12.9. The number of hydrogen-bond donors (Lipinski definition) is 0. The molecule has 5 nitrogen and oxygen atoms in total. The van der Waals surface area contributed by atoms with E-state index in [4.69, 9.17) is 4.74 Å². The van der Waals surface area contributed by atoms with Gasteiger partial charge in [-0.25, -0.2) is 8.42 Å². The molecular weight excluding hydrogens is 370 g/mol. The number of aryl methyl sites for hydroxylation is 1. The Balaban J connectivity index is 2.02. The molecule has 1 aliphatic rings. The van der Waals surface area contributed by atoms with Crippen LogP contribution in [-0.4, -0.2) is 49.9 Å². The molecule has 1 fully saturated rings. The first-order valence-electron chi connectivity index (χ1n) is 7.09. The topological polar surface area (TPSA) is 63.7 Å². The van der Waals surface area contributed by atoms with Gasteiger partial charge in [0.1, 0.15) is 5.75 Å². The minimum atomic E-state index is -3.01. The Hall–Kier alpha value is -1.08. The number of nitrogens with zero attached hydrogens (tertiary/aromatic N) is 1. The zero-order chi connectivity index (χ0) is 16.5. The first-order chi connectivity index (χ1) is 10.2. The van der Waals surface area contributed by atoms with Crippen LogP contribution in [0.5, 0.6) is 5.75 Å². The molecule has 7 heteroatoms. The fourth-order valence-electron chi connectivity index (χ4n) is 2.49. The van der Waals surface area contributed by atoms with Gasteiger partial charge in [0.2, 0.25) is 0 Å². The third-order valence-corrected chi connectivity index (χ3v) is 6.21. The average Bonchev–Trinajstić information content (AvgIpc) is 2.80. The molecule has 22 heavy (non-hydrogen) atoms. The lowest BCUT2D eigenvalue weighted by molar-refractivity contribution is -0.138. The Morgan fingerprint density at radius 3 is 2.68 bits per heavy atom. The van der Waals surface area contributed by atoms with Crippen molar-refractivity contribution in [3.8, 4) is 5.75 Å². The SMILES string of the molecule is Cc1ccc(OC(C)C(=O)N(C)C2CCS(=O)(=O)C2)c(Br)c1. The van der Waals surface area contributed by atoms with Crippen LogP contribution in [0.2, 0.25) is 0 Å². The first kappa shape index (κ1) is 17.3. The molecule has 0 saturated carbocycles. The summed E-state index contributed by atoms with van der Waals surface area (Å²) in [7, 11) is -1.38. The lowest BCUT2D eigenvalue weighted by Gasteiger charge is -2.27. The van der Waals surface area contributed by atoms with Crippen molar-refractivity contribution < 1.29 is 17.9 Å². The van der Waals surface area contributed by atoms with Crippen molar-refractivity contribution in [3.63, 3.8) is 0 Å².